The number of nitrogens with one attached hydrogen (secondary N) is 2. The van der Waals surface area contributed by atoms with E-state index in [1.807, 2.05) is 6.07 Å². The van der Waals surface area contributed by atoms with Crippen molar-refractivity contribution in [1.82, 2.24) is 10.0 Å². The number of methoxy groups -OCH3 is 1. The summed E-state index contributed by atoms with van der Waals surface area (Å²) in [7, 11) is -2.98. The number of hydrogen-bond donors (Lipinski definition) is 2. The molecule has 1 fully saturated rings. The van der Waals surface area contributed by atoms with Gasteiger partial charge in [-0.25, -0.2) is 13.2 Å². The molecular formula is C21H20N4O7S. The van der Waals surface area contributed by atoms with E-state index in [4.69, 9.17) is 10.00 Å². The summed E-state index contributed by atoms with van der Waals surface area (Å²) < 4.78 is 32.6. The second kappa shape index (κ2) is 9.35. The second-order valence-electron chi connectivity index (χ2n) is 7.50. The van der Waals surface area contributed by atoms with Crippen molar-refractivity contribution in [2.45, 2.75) is 35.7 Å². The van der Waals surface area contributed by atoms with Crippen molar-refractivity contribution < 1.29 is 27.7 Å². The Morgan fingerprint density at radius 3 is 2.27 bits per heavy atom. The minimum atomic E-state index is -4.15. The van der Waals surface area contributed by atoms with Gasteiger partial charge >= 0.3 is 5.97 Å². The van der Waals surface area contributed by atoms with Crippen molar-refractivity contribution in [3.63, 3.8) is 0 Å². The van der Waals surface area contributed by atoms with E-state index in [-0.39, 0.29) is 29.8 Å². The first-order valence-corrected chi connectivity index (χ1v) is 11.2. The Hall–Kier alpha value is -3.82. The van der Waals surface area contributed by atoms with E-state index in [2.05, 4.69) is 10.0 Å². The second-order valence-corrected chi connectivity index (χ2v) is 9.18. The zero-order chi connectivity index (χ0) is 24.2. The minimum Gasteiger partial charge on any atom is -0.467 e. The Labute approximate surface area is 189 Å². The third kappa shape index (κ3) is 5.51. The molecule has 2 aromatic rings. The van der Waals surface area contributed by atoms with Crippen molar-refractivity contribution in [2.24, 2.45) is 0 Å². The molecule has 172 valence electrons. The summed E-state index contributed by atoms with van der Waals surface area (Å²) in [5.41, 5.74) is -0.593. The topological polar surface area (TPSA) is 168 Å². The third-order valence-electron chi connectivity index (χ3n) is 5.19. The lowest BCUT2D eigenvalue weighted by Crippen LogP contribution is -2.54. The molecule has 0 saturated heterocycles. The molecule has 11 nitrogen and oxygen atoms in total. The summed E-state index contributed by atoms with van der Waals surface area (Å²) in [6.45, 7) is 0. The number of carbonyl (C=O) groups excluding carboxylic acids is 2. The fourth-order valence-electron chi connectivity index (χ4n) is 3.15. The van der Waals surface area contributed by atoms with Crippen molar-refractivity contribution in [3.8, 4) is 6.07 Å². The highest BCUT2D eigenvalue weighted by Gasteiger charge is 2.53. The van der Waals surface area contributed by atoms with E-state index in [0.717, 1.165) is 24.3 Å². The lowest BCUT2D eigenvalue weighted by molar-refractivity contribution is -0.384. The van der Waals surface area contributed by atoms with E-state index >= 15 is 0 Å². The van der Waals surface area contributed by atoms with Gasteiger partial charge in [-0.1, -0.05) is 12.1 Å². The number of ether oxygens (including phenoxy) is 1. The first kappa shape index (κ1) is 23.8. The number of hydrogen-bond acceptors (Lipinski definition) is 8. The molecular weight excluding hydrogens is 452 g/mol. The van der Waals surface area contributed by atoms with Crippen molar-refractivity contribution in [2.75, 3.05) is 7.11 Å². The fourth-order valence-corrected chi connectivity index (χ4v) is 4.57. The highest BCUT2D eigenvalue weighted by atomic mass is 32.2. The quantitative estimate of drug-likeness (QED) is 0.311. The number of rotatable bonds is 9. The largest absolute Gasteiger partial charge is 0.467 e. The van der Waals surface area contributed by atoms with Crippen LogP contribution in [0.4, 0.5) is 5.69 Å². The van der Waals surface area contributed by atoms with Crippen LogP contribution < -0.4 is 10.0 Å². The lowest BCUT2D eigenvalue weighted by Gasteiger charge is -2.22. The average molecular weight is 472 g/mol. The van der Waals surface area contributed by atoms with Gasteiger partial charge in [-0.05, 0) is 42.7 Å². The number of sulfonamides is 1. The standard InChI is InChI=1S/C21H20N4O7S/c1-32-19(26)18(12-14-2-4-15(13-22)5-3-14)23-20(27)21(10-11-21)24-33(30,31)17-8-6-16(7-9-17)25(28)29/h2-9,18,24H,10-12H2,1H3,(H,23,27)/t18-/m0/s1. The number of benzene rings is 2. The molecule has 3 rings (SSSR count). The van der Waals surface area contributed by atoms with E-state index in [9.17, 15) is 28.1 Å². The Kier molecular flexibility index (Phi) is 6.75. The Bertz CT molecular complexity index is 1210. The highest BCUT2D eigenvalue weighted by Crippen LogP contribution is 2.37. The van der Waals surface area contributed by atoms with E-state index in [1.54, 1.807) is 24.3 Å². The Morgan fingerprint density at radius 1 is 1.18 bits per heavy atom. The van der Waals surface area contributed by atoms with E-state index < -0.39 is 38.4 Å². The average Bonchev–Trinajstić information content (AvgIpc) is 3.58. The van der Waals surface area contributed by atoms with Gasteiger partial charge in [0.1, 0.15) is 11.6 Å². The number of nitrogens with zero attached hydrogens (tertiary/aromatic N) is 2. The molecule has 0 radical (unpaired) electrons. The van der Waals surface area contributed by atoms with Gasteiger partial charge in [-0.15, -0.1) is 0 Å². The van der Waals surface area contributed by atoms with E-state index in [1.165, 1.54) is 7.11 Å². The first-order valence-electron chi connectivity index (χ1n) is 9.76. The van der Waals surface area contributed by atoms with Crippen LogP contribution in [-0.2, 0) is 30.8 Å². The molecule has 0 aromatic heterocycles. The van der Waals surface area contributed by atoms with Crippen LogP contribution >= 0.6 is 0 Å². The van der Waals surface area contributed by atoms with Crippen LogP contribution in [0.25, 0.3) is 0 Å². The van der Waals surface area contributed by atoms with Crippen LogP contribution in [-0.4, -0.2) is 43.9 Å². The molecule has 1 aliphatic rings. The van der Waals surface area contributed by atoms with Crippen LogP contribution in [0.3, 0.4) is 0 Å². The van der Waals surface area contributed by atoms with Crippen LogP contribution in [0.1, 0.15) is 24.0 Å². The highest BCUT2D eigenvalue weighted by molar-refractivity contribution is 7.89. The number of nitriles is 1. The number of amides is 1. The Balaban J connectivity index is 1.73. The molecule has 2 aromatic carbocycles. The van der Waals surface area contributed by atoms with E-state index in [0.29, 0.717) is 11.1 Å². The summed E-state index contributed by atoms with van der Waals surface area (Å²) in [5.74, 6) is -1.39. The van der Waals surface area contributed by atoms with Gasteiger partial charge in [0, 0.05) is 18.6 Å². The monoisotopic (exact) mass is 472 g/mol. The number of carbonyl (C=O) groups is 2. The van der Waals surface area contributed by atoms with Gasteiger partial charge in [0.25, 0.3) is 5.69 Å². The van der Waals surface area contributed by atoms with Crippen LogP contribution in [0.2, 0.25) is 0 Å². The number of non-ortho nitro benzene ring substituents is 1. The van der Waals surface area contributed by atoms with Gasteiger partial charge in [-0.2, -0.15) is 9.98 Å². The molecule has 1 amide bonds. The molecule has 0 bridgehead atoms. The maximum absolute atomic E-state index is 12.9. The molecule has 33 heavy (non-hydrogen) atoms. The number of nitro groups is 1. The third-order valence-corrected chi connectivity index (χ3v) is 6.74. The predicted molar refractivity (Wildman–Crippen MR) is 114 cm³/mol. The van der Waals surface area contributed by atoms with Crippen molar-refractivity contribution in [3.05, 3.63) is 69.8 Å². The van der Waals surface area contributed by atoms with Crippen molar-refractivity contribution in [1.29, 1.82) is 5.26 Å². The lowest BCUT2D eigenvalue weighted by atomic mass is 10.0. The van der Waals surface area contributed by atoms with Gasteiger partial charge in [0.15, 0.2) is 0 Å². The number of nitro benzene ring substituents is 1. The summed E-state index contributed by atoms with van der Waals surface area (Å²) in [6.07, 6.45) is 0.515. The van der Waals surface area contributed by atoms with Gasteiger partial charge in [-0.3, -0.25) is 14.9 Å². The molecule has 0 spiro atoms. The smallest absolute Gasteiger partial charge is 0.328 e. The van der Waals surface area contributed by atoms with Crippen LogP contribution in [0.15, 0.2) is 53.4 Å². The molecule has 1 atom stereocenters. The summed E-state index contributed by atoms with van der Waals surface area (Å²) >= 11 is 0. The number of esters is 1. The van der Waals surface area contributed by atoms with Gasteiger partial charge in [0.2, 0.25) is 15.9 Å². The van der Waals surface area contributed by atoms with Crippen LogP contribution in [0.5, 0.6) is 0 Å². The maximum atomic E-state index is 12.9. The molecule has 1 aliphatic carbocycles. The zero-order valence-electron chi connectivity index (χ0n) is 17.5. The maximum Gasteiger partial charge on any atom is 0.328 e. The molecule has 0 heterocycles. The summed E-state index contributed by atoms with van der Waals surface area (Å²) in [4.78, 5) is 35.0. The molecule has 2 N–H and O–H groups in total. The molecule has 12 heteroatoms. The normalized spacial score (nSPS) is 15.0. The van der Waals surface area contributed by atoms with Gasteiger partial charge in [0.05, 0.1) is 28.6 Å². The summed E-state index contributed by atoms with van der Waals surface area (Å²) in [6, 6.07) is 11.6. The molecule has 1 saturated carbocycles. The summed E-state index contributed by atoms with van der Waals surface area (Å²) in [5, 5.41) is 22.2. The molecule has 0 unspecified atom stereocenters. The Morgan fingerprint density at radius 2 is 1.79 bits per heavy atom. The van der Waals surface area contributed by atoms with Crippen molar-refractivity contribution >= 4 is 27.6 Å². The minimum absolute atomic E-state index is 0.0787. The zero-order valence-corrected chi connectivity index (χ0v) is 18.3. The SMILES string of the molecule is COC(=O)[C@H](Cc1ccc(C#N)cc1)NC(=O)C1(NS(=O)(=O)c2ccc([N+](=O)[O-])cc2)CC1. The fraction of sp³-hybridized carbons (Fsp3) is 0.286. The predicted octanol–water partition coefficient (Wildman–Crippen LogP) is 1.18. The van der Waals surface area contributed by atoms with Crippen LogP contribution in [0, 0.1) is 21.4 Å². The molecule has 0 aliphatic heterocycles. The first-order chi connectivity index (χ1) is 15.6. The van der Waals surface area contributed by atoms with Gasteiger partial charge < -0.3 is 10.1 Å².